The quantitative estimate of drug-likeness (QED) is 0.607. The second-order valence-corrected chi connectivity index (χ2v) is 4.77. The van der Waals surface area contributed by atoms with Crippen LogP contribution in [0, 0.1) is 17.8 Å². The molecule has 1 heterocycles. The largest absolute Gasteiger partial charge is 0.469 e. The first-order valence-corrected chi connectivity index (χ1v) is 5.61. The van der Waals surface area contributed by atoms with Crippen molar-refractivity contribution in [1.82, 2.24) is 0 Å². The van der Waals surface area contributed by atoms with E-state index in [1.54, 1.807) is 0 Å². The number of hydrogen-bond donors (Lipinski definition) is 0. The van der Waals surface area contributed by atoms with E-state index in [1.807, 2.05) is 0 Å². The summed E-state index contributed by atoms with van der Waals surface area (Å²) in [5, 5.41) is 0. The lowest BCUT2D eigenvalue weighted by Gasteiger charge is -2.34. The molecule has 0 N–H and O–H groups in total. The molecule has 4 nitrogen and oxygen atoms in total. The lowest BCUT2D eigenvalue weighted by Crippen LogP contribution is -2.40. The van der Waals surface area contributed by atoms with Gasteiger partial charge in [0, 0.05) is 12.3 Å². The Kier molecular flexibility index (Phi) is 2.04. The van der Waals surface area contributed by atoms with E-state index in [0.29, 0.717) is 25.0 Å². The van der Waals surface area contributed by atoms with Gasteiger partial charge in [0.15, 0.2) is 5.79 Å². The van der Waals surface area contributed by atoms with Crippen LogP contribution in [0.5, 0.6) is 0 Å². The molecule has 0 radical (unpaired) electrons. The van der Waals surface area contributed by atoms with E-state index in [0.717, 1.165) is 19.3 Å². The Morgan fingerprint density at radius 1 is 1.33 bits per heavy atom. The first-order chi connectivity index (χ1) is 7.25. The maximum absolute atomic E-state index is 11.5. The molecule has 3 aliphatic rings. The van der Waals surface area contributed by atoms with E-state index < -0.39 is 0 Å². The average Bonchev–Trinajstić information content (AvgIpc) is 2.92. The lowest BCUT2D eigenvalue weighted by molar-refractivity contribution is -0.197. The van der Waals surface area contributed by atoms with Crippen molar-refractivity contribution in [2.45, 2.75) is 25.0 Å². The number of carbonyl (C=O) groups excluding carboxylic acids is 1. The number of rotatable bonds is 1. The van der Waals surface area contributed by atoms with Gasteiger partial charge in [-0.15, -0.1) is 0 Å². The standard InChI is InChI=1S/C11H16O4/c1-13-10(12)9-5-8-4-7(9)6-11(8)14-2-3-15-11/h7-9H,2-6H2,1H3/t7-,8-,9-/m1/s1. The van der Waals surface area contributed by atoms with Crippen LogP contribution in [0.1, 0.15) is 19.3 Å². The van der Waals surface area contributed by atoms with Gasteiger partial charge >= 0.3 is 5.97 Å². The maximum Gasteiger partial charge on any atom is 0.308 e. The van der Waals surface area contributed by atoms with Crippen LogP contribution in [-0.2, 0) is 19.0 Å². The van der Waals surface area contributed by atoms with Crippen LogP contribution in [0.25, 0.3) is 0 Å². The topological polar surface area (TPSA) is 44.8 Å². The van der Waals surface area contributed by atoms with E-state index >= 15 is 0 Å². The van der Waals surface area contributed by atoms with Crippen LogP contribution in [0.15, 0.2) is 0 Å². The highest BCUT2D eigenvalue weighted by Crippen LogP contribution is 2.57. The molecule has 2 bridgehead atoms. The Morgan fingerprint density at radius 2 is 2.07 bits per heavy atom. The summed E-state index contributed by atoms with van der Waals surface area (Å²) in [5.41, 5.74) is 0. The minimum absolute atomic E-state index is 0.0599. The Labute approximate surface area is 88.9 Å². The fourth-order valence-electron chi connectivity index (χ4n) is 3.51. The fourth-order valence-corrected chi connectivity index (χ4v) is 3.51. The monoisotopic (exact) mass is 212 g/mol. The van der Waals surface area contributed by atoms with Gasteiger partial charge in [-0.3, -0.25) is 4.79 Å². The highest BCUT2D eigenvalue weighted by Gasteiger charge is 2.60. The van der Waals surface area contributed by atoms with Crippen LogP contribution in [-0.4, -0.2) is 32.1 Å². The number of esters is 1. The Bertz CT molecular complexity index is 282. The second kappa shape index (κ2) is 3.19. The van der Waals surface area contributed by atoms with Crippen molar-refractivity contribution in [3.05, 3.63) is 0 Å². The van der Waals surface area contributed by atoms with Crippen molar-refractivity contribution in [1.29, 1.82) is 0 Å². The lowest BCUT2D eigenvalue weighted by atomic mass is 9.85. The summed E-state index contributed by atoms with van der Waals surface area (Å²) in [4.78, 5) is 11.5. The summed E-state index contributed by atoms with van der Waals surface area (Å²) in [6, 6.07) is 0. The Morgan fingerprint density at radius 3 is 2.60 bits per heavy atom. The molecule has 0 aromatic carbocycles. The number of methoxy groups -OCH3 is 1. The molecule has 0 aromatic rings. The van der Waals surface area contributed by atoms with E-state index in [2.05, 4.69) is 0 Å². The van der Waals surface area contributed by atoms with Crippen molar-refractivity contribution in [3.63, 3.8) is 0 Å². The molecule has 3 atom stereocenters. The van der Waals surface area contributed by atoms with E-state index in [1.165, 1.54) is 7.11 Å². The van der Waals surface area contributed by atoms with Crippen molar-refractivity contribution in [2.75, 3.05) is 20.3 Å². The van der Waals surface area contributed by atoms with Gasteiger partial charge in [0.25, 0.3) is 0 Å². The third-order valence-corrected chi connectivity index (χ3v) is 4.14. The van der Waals surface area contributed by atoms with Gasteiger partial charge in [0.05, 0.1) is 26.2 Å². The highest BCUT2D eigenvalue weighted by atomic mass is 16.7. The number of fused-ring (bicyclic) bond motifs is 3. The van der Waals surface area contributed by atoms with E-state index in [9.17, 15) is 4.79 Å². The molecule has 2 saturated carbocycles. The van der Waals surface area contributed by atoms with Crippen molar-refractivity contribution in [3.8, 4) is 0 Å². The first-order valence-electron chi connectivity index (χ1n) is 5.61. The minimum atomic E-state index is -0.338. The van der Waals surface area contributed by atoms with Gasteiger partial charge in [0.2, 0.25) is 0 Å². The molecule has 1 aliphatic heterocycles. The molecule has 2 aliphatic carbocycles. The Balaban J connectivity index is 1.74. The van der Waals surface area contributed by atoms with Crippen LogP contribution in [0.2, 0.25) is 0 Å². The van der Waals surface area contributed by atoms with Crippen LogP contribution in [0.4, 0.5) is 0 Å². The van der Waals surface area contributed by atoms with Gasteiger partial charge < -0.3 is 14.2 Å². The van der Waals surface area contributed by atoms with Gasteiger partial charge in [-0.2, -0.15) is 0 Å². The second-order valence-electron chi connectivity index (χ2n) is 4.77. The predicted molar refractivity (Wildman–Crippen MR) is 51.0 cm³/mol. The van der Waals surface area contributed by atoms with Crippen LogP contribution >= 0.6 is 0 Å². The van der Waals surface area contributed by atoms with Crippen molar-refractivity contribution in [2.24, 2.45) is 17.8 Å². The van der Waals surface area contributed by atoms with Crippen molar-refractivity contribution < 1.29 is 19.0 Å². The summed E-state index contributed by atoms with van der Waals surface area (Å²) < 4.78 is 16.3. The zero-order chi connectivity index (χ0) is 10.5. The molecular formula is C11H16O4. The van der Waals surface area contributed by atoms with Gasteiger partial charge in [-0.05, 0) is 18.8 Å². The number of carbonyl (C=O) groups is 1. The fraction of sp³-hybridized carbons (Fsp3) is 0.909. The molecule has 1 saturated heterocycles. The summed E-state index contributed by atoms with van der Waals surface area (Å²) in [5.74, 6) is 0.485. The number of ether oxygens (including phenoxy) is 3. The molecule has 0 unspecified atom stereocenters. The summed E-state index contributed by atoms with van der Waals surface area (Å²) in [6.07, 6.45) is 2.80. The zero-order valence-corrected chi connectivity index (χ0v) is 8.90. The predicted octanol–water partition coefficient (Wildman–Crippen LogP) is 0.949. The summed E-state index contributed by atoms with van der Waals surface area (Å²) >= 11 is 0. The smallest absolute Gasteiger partial charge is 0.308 e. The first kappa shape index (κ1) is 9.60. The third-order valence-electron chi connectivity index (χ3n) is 4.14. The SMILES string of the molecule is COC(=O)[C@@H]1C[C@H]2C[C@@H]1CC21OCCO1. The third kappa shape index (κ3) is 1.24. The van der Waals surface area contributed by atoms with Gasteiger partial charge in [-0.25, -0.2) is 0 Å². The molecule has 0 amide bonds. The van der Waals surface area contributed by atoms with E-state index in [4.69, 9.17) is 14.2 Å². The molecule has 3 fully saturated rings. The van der Waals surface area contributed by atoms with Crippen LogP contribution in [0.3, 0.4) is 0 Å². The molecule has 3 rings (SSSR count). The minimum Gasteiger partial charge on any atom is -0.469 e. The maximum atomic E-state index is 11.5. The molecule has 4 heteroatoms. The molecule has 84 valence electrons. The highest BCUT2D eigenvalue weighted by molar-refractivity contribution is 5.73. The molecule has 15 heavy (non-hydrogen) atoms. The molecular weight excluding hydrogens is 196 g/mol. The molecule has 0 aromatic heterocycles. The average molecular weight is 212 g/mol. The normalized spacial score (nSPS) is 41.3. The Hall–Kier alpha value is -0.610. The zero-order valence-electron chi connectivity index (χ0n) is 8.90. The summed E-state index contributed by atoms with van der Waals surface area (Å²) in [6.45, 7) is 1.40. The molecule has 1 spiro atoms. The van der Waals surface area contributed by atoms with Gasteiger partial charge in [0.1, 0.15) is 0 Å². The van der Waals surface area contributed by atoms with Crippen molar-refractivity contribution >= 4 is 5.97 Å². The summed E-state index contributed by atoms with van der Waals surface area (Å²) in [7, 11) is 1.46. The van der Waals surface area contributed by atoms with Gasteiger partial charge in [-0.1, -0.05) is 0 Å². The van der Waals surface area contributed by atoms with Crippen LogP contribution < -0.4 is 0 Å². The number of hydrogen-bond acceptors (Lipinski definition) is 4. The van der Waals surface area contributed by atoms with E-state index in [-0.39, 0.29) is 17.7 Å².